The van der Waals surface area contributed by atoms with E-state index in [1.54, 1.807) is 24.3 Å². The third-order valence-corrected chi connectivity index (χ3v) is 2.24. The summed E-state index contributed by atoms with van der Waals surface area (Å²) in [6.07, 6.45) is 1.58. The maximum Gasteiger partial charge on any atom is 0.258 e. The molecular formula is C13H17NO4. The summed E-state index contributed by atoms with van der Waals surface area (Å²) in [5.74, 6) is 0.610. The number of aliphatic hydroxyl groups excluding tert-OH is 1. The zero-order chi connectivity index (χ0) is 13.4. The van der Waals surface area contributed by atoms with Gasteiger partial charge in [-0.1, -0.05) is 18.2 Å². The molecule has 0 saturated heterocycles. The third-order valence-electron chi connectivity index (χ3n) is 2.24. The highest BCUT2D eigenvalue weighted by Crippen LogP contribution is 2.30. The van der Waals surface area contributed by atoms with Crippen LogP contribution in [0.3, 0.4) is 0 Å². The molecule has 1 aromatic carbocycles. The van der Waals surface area contributed by atoms with Gasteiger partial charge in [-0.2, -0.15) is 0 Å². The Balaban J connectivity index is 2.70. The summed E-state index contributed by atoms with van der Waals surface area (Å²) in [5, 5.41) is 11.8. The lowest BCUT2D eigenvalue weighted by atomic mass is 10.2. The van der Waals surface area contributed by atoms with Gasteiger partial charge >= 0.3 is 0 Å². The molecule has 1 aromatic rings. The van der Waals surface area contributed by atoms with Crippen molar-refractivity contribution >= 4 is 5.91 Å². The summed E-state index contributed by atoms with van der Waals surface area (Å²) in [6.45, 7) is 3.57. The van der Waals surface area contributed by atoms with Gasteiger partial charge in [0.1, 0.15) is 0 Å². The monoisotopic (exact) mass is 251 g/mol. The van der Waals surface area contributed by atoms with E-state index >= 15 is 0 Å². The third kappa shape index (κ3) is 3.78. The molecule has 0 radical (unpaired) electrons. The molecular weight excluding hydrogens is 234 g/mol. The number of methoxy groups -OCH3 is 1. The summed E-state index contributed by atoms with van der Waals surface area (Å²) < 4.78 is 10.5. The zero-order valence-corrected chi connectivity index (χ0v) is 10.3. The molecule has 1 amide bonds. The Labute approximate surface area is 106 Å². The number of para-hydroxylation sites is 1. The van der Waals surface area contributed by atoms with Crippen LogP contribution in [-0.4, -0.2) is 31.3 Å². The predicted molar refractivity (Wildman–Crippen MR) is 67.6 cm³/mol. The number of rotatable bonds is 7. The summed E-state index contributed by atoms with van der Waals surface area (Å²) in [6, 6.07) is 5.16. The van der Waals surface area contributed by atoms with Crippen LogP contribution in [0.15, 0.2) is 30.9 Å². The fraction of sp³-hybridized carbons (Fsp3) is 0.308. The molecule has 0 bridgehead atoms. The van der Waals surface area contributed by atoms with E-state index in [4.69, 9.17) is 9.47 Å². The second kappa shape index (κ2) is 7.34. The number of nitrogens with one attached hydrogen (secondary N) is 1. The zero-order valence-electron chi connectivity index (χ0n) is 10.3. The summed E-state index contributed by atoms with van der Waals surface area (Å²) in [5.41, 5.74) is 0.575. The number of aliphatic hydroxyl groups is 1. The number of benzene rings is 1. The van der Waals surface area contributed by atoms with E-state index < -0.39 is 0 Å². The van der Waals surface area contributed by atoms with Crippen LogP contribution >= 0.6 is 0 Å². The number of hydrogen-bond acceptors (Lipinski definition) is 4. The highest BCUT2D eigenvalue weighted by molar-refractivity contribution is 5.77. The van der Waals surface area contributed by atoms with Crippen LogP contribution in [0.25, 0.3) is 0 Å². The lowest BCUT2D eigenvalue weighted by Crippen LogP contribution is -2.29. The van der Waals surface area contributed by atoms with Gasteiger partial charge in [0.25, 0.3) is 5.91 Å². The molecule has 0 unspecified atom stereocenters. The van der Waals surface area contributed by atoms with E-state index in [0.717, 1.165) is 0 Å². The lowest BCUT2D eigenvalue weighted by molar-refractivity contribution is -0.122. The molecule has 98 valence electrons. The minimum Gasteiger partial charge on any atom is -0.493 e. The normalized spacial score (nSPS) is 9.67. The number of hydrogen-bond donors (Lipinski definition) is 2. The number of ether oxygens (including phenoxy) is 2. The molecule has 0 saturated carbocycles. The van der Waals surface area contributed by atoms with E-state index in [1.807, 2.05) is 0 Å². The molecule has 18 heavy (non-hydrogen) atoms. The maximum atomic E-state index is 11.4. The van der Waals surface area contributed by atoms with Crippen molar-refractivity contribution in [2.75, 3.05) is 20.3 Å². The van der Waals surface area contributed by atoms with Gasteiger partial charge in [-0.05, 0) is 6.07 Å². The van der Waals surface area contributed by atoms with E-state index in [1.165, 1.54) is 7.11 Å². The van der Waals surface area contributed by atoms with Crippen molar-refractivity contribution in [2.24, 2.45) is 0 Å². The van der Waals surface area contributed by atoms with Crippen LogP contribution in [0.4, 0.5) is 0 Å². The Morgan fingerprint density at radius 3 is 2.94 bits per heavy atom. The Hall–Kier alpha value is -2.01. The van der Waals surface area contributed by atoms with Gasteiger partial charge < -0.3 is 19.9 Å². The molecule has 5 nitrogen and oxygen atoms in total. The Morgan fingerprint density at radius 1 is 1.56 bits per heavy atom. The topological polar surface area (TPSA) is 67.8 Å². The molecule has 5 heteroatoms. The molecule has 0 aliphatic carbocycles. The van der Waals surface area contributed by atoms with Gasteiger partial charge in [-0.15, -0.1) is 6.58 Å². The fourth-order valence-electron chi connectivity index (χ4n) is 1.39. The minimum atomic E-state index is -0.260. The van der Waals surface area contributed by atoms with Gasteiger partial charge in [-0.25, -0.2) is 0 Å². The summed E-state index contributed by atoms with van der Waals surface area (Å²) >= 11 is 0. The standard InChI is InChI=1S/C13H17NO4/c1-3-7-14-12(16)9-18-13-10(8-15)5-4-6-11(13)17-2/h3-6,15H,1,7-9H2,2H3,(H,14,16). The first-order valence-electron chi connectivity index (χ1n) is 5.50. The van der Waals surface area contributed by atoms with Crippen molar-refractivity contribution in [1.82, 2.24) is 5.32 Å². The fourth-order valence-corrected chi connectivity index (χ4v) is 1.39. The van der Waals surface area contributed by atoms with Crippen LogP contribution in [0.5, 0.6) is 11.5 Å². The Bertz CT molecular complexity index is 395. The summed E-state index contributed by atoms with van der Waals surface area (Å²) in [4.78, 5) is 11.4. The number of carbonyl (C=O) groups excluding carboxylic acids is 1. The van der Waals surface area contributed by atoms with E-state index in [9.17, 15) is 9.90 Å². The molecule has 0 aromatic heterocycles. The molecule has 0 spiro atoms. The van der Waals surface area contributed by atoms with Gasteiger partial charge in [0.15, 0.2) is 18.1 Å². The van der Waals surface area contributed by atoms with Crippen molar-refractivity contribution in [1.29, 1.82) is 0 Å². The minimum absolute atomic E-state index is 0.138. The molecule has 2 N–H and O–H groups in total. The first-order valence-corrected chi connectivity index (χ1v) is 5.50. The van der Waals surface area contributed by atoms with Gasteiger partial charge in [0.05, 0.1) is 13.7 Å². The van der Waals surface area contributed by atoms with Crippen LogP contribution in [0.2, 0.25) is 0 Å². The molecule has 1 rings (SSSR count). The largest absolute Gasteiger partial charge is 0.493 e. The van der Waals surface area contributed by atoms with Crippen LogP contribution in [0.1, 0.15) is 5.56 Å². The quantitative estimate of drug-likeness (QED) is 0.706. The van der Waals surface area contributed by atoms with Crippen molar-refractivity contribution in [3.05, 3.63) is 36.4 Å². The van der Waals surface area contributed by atoms with Gasteiger partial charge in [0, 0.05) is 12.1 Å². The lowest BCUT2D eigenvalue weighted by Gasteiger charge is -2.13. The molecule has 0 aliphatic heterocycles. The first-order chi connectivity index (χ1) is 8.72. The Kier molecular flexibility index (Phi) is 5.73. The number of carbonyl (C=O) groups is 1. The van der Waals surface area contributed by atoms with Crippen molar-refractivity contribution < 1.29 is 19.4 Å². The summed E-state index contributed by atoms with van der Waals surface area (Å²) in [7, 11) is 1.50. The van der Waals surface area contributed by atoms with Crippen molar-refractivity contribution in [2.45, 2.75) is 6.61 Å². The van der Waals surface area contributed by atoms with E-state index in [0.29, 0.717) is 23.6 Å². The predicted octanol–water partition coefficient (Wildman–Crippen LogP) is 0.868. The van der Waals surface area contributed by atoms with Crippen molar-refractivity contribution in [3.63, 3.8) is 0 Å². The highest BCUT2D eigenvalue weighted by Gasteiger charge is 2.11. The highest BCUT2D eigenvalue weighted by atomic mass is 16.5. The average molecular weight is 251 g/mol. The van der Waals surface area contributed by atoms with Crippen molar-refractivity contribution in [3.8, 4) is 11.5 Å². The van der Waals surface area contributed by atoms with Gasteiger partial charge in [-0.3, -0.25) is 4.79 Å². The second-order valence-electron chi connectivity index (χ2n) is 3.49. The van der Waals surface area contributed by atoms with Crippen LogP contribution in [-0.2, 0) is 11.4 Å². The average Bonchev–Trinajstić information content (AvgIpc) is 2.42. The molecule has 0 fully saturated rings. The first kappa shape index (κ1) is 14.1. The molecule has 0 heterocycles. The van der Waals surface area contributed by atoms with E-state index in [2.05, 4.69) is 11.9 Å². The SMILES string of the molecule is C=CCNC(=O)COc1c(CO)cccc1OC. The van der Waals surface area contributed by atoms with Gasteiger partial charge in [0.2, 0.25) is 0 Å². The molecule has 0 aliphatic rings. The number of amides is 1. The Morgan fingerprint density at radius 2 is 2.33 bits per heavy atom. The van der Waals surface area contributed by atoms with Crippen LogP contribution < -0.4 is 14.8 Å². The molecule has 0 atom stereocenters. The second-order valence-corrected chi connectivity index (χ2v) is 3.49. The van der Waals surface area contributed by atoms with Crippen LogP contribution in [0, 0.1) is 0 Å². The smallest absolute Gasteiger partial charge is 0.258 e. The maximum absolute atomic E-state index is 11.4. The van der Waals surface area contributed by atoms with E-state index in [-0.39, 0.29) is 19.1 Å².